The van der Waals surface area contributed by atoms with Gasteiger partial charge in [-0.15, -0.1) is 11.8 Å². The first-order valence-corrected chi connectivity index (χ1v) is 10.0. The maximum atomic E-state index is 14.4. The SMILES string of the molecule is NC1C(=O)N2CC(CF)(C(=O)O)C(C(c3ccccc3)c3ccccc3)S[C@H]12. The number of carboxylic acid groups (broad SMARTS) is 1. The van der Waals surface area contributed by atoms with Crippen molar-refractivity contribution >= 4 is 23.6 Å². The first-order valence-electron chi connectivity index (χ1n) is 9.10. The highest BCUT2D eigenvalue weighted by Gasteiger charge is 2.62. The van der Waals surface area contributed by atoms with Crippen LogP contribution in [-0.4, -0.2) is 51.8 Å². The van der Waals surface area contributed by atoms with Crippen molar-refractivity contribution in [1.29, 1.82) is 0 Å². The summed E-state index contributed by atoms with van der Waals surface area (Å²) in [6.07, 6.45) is 0. The number of thioether (sulfide) groups is 1. The first-order chi connectivity index (χ1) is 13.5. The van der Waals surface area contributed by atoms with E-state index in [4.69, 9.17) is 5.73 Å². The molecule has 7 heteroatoms. The molecule has 4 atom stereocenters. The van der Waals surface area contributed by atoms with Crippen molar-refractivity contribution in [2.45, 2.75) is 22.6 Å². The molecule has 2 aliphatic heterocycles. The van der Waals surface area contributed by atoms with Gasteiger partial charge in [0.15, 0.2) is 0 Å². The van der Waals surface area contributed by atoms with Gasteiger partial charge in [-0.05, 0) is 11.1 Å². The number of amides is 1. The number of aliphatic carboxylic acids is 1. The zero-order valence-corrected chi connectivity index (χ0v) is 15.9. The van der Waals surface area contributed by atoms with Crippen molar-refractivity contribution in [2.24, 2.45) is 11.1 Å². The van der Waals surface area contributed by atoms with Crippen LogP contribution in [0.1, 0.15) is 17.0 Å². The smallest absolute Gasteiger partial charge is 0.315 e. The third-order valence-corrected chi connectivity index (χ3v) is 7.59. The van der Waals surface area contributed by atoms with Crippen molar-refractivity contribution < 1.29 is 19.1 Å². The van der Waals surface area contributed by atoms with Crippen LogP contribution in [-0.2, 0) is 9.59 Å². The van der Waals surface area contributed by atoms with Crippen molar-refractivity contribution in [1.82, 2.24) is 4.90 Å². The minimum Gasteiger partial charge on any atom is -0.481 e. The molecule has 146 valence electrons. The van der Waals surface area contributed by atoms with Crippen LogP contribution in [0.3, 0.4) is 0 Å². The number of carbonyl (C=O) groups is 2. The maximum Gasteiger partial charge on any atom is 0.315 e. The number of rotatable bonds is 5. The molecule has 0 aliphatic carbocycles. The van der Waals surface area contributed by atoms with E-state index in [1.54, 1.807) is 0 Å². The molecular weight excluding hydrogens is 379 g/mol. The topological polar surface area (TPSA) is 83.6 Å². The van der Waals surface area contributed by atoms with E-state index in [9.17, 15) is 19.1 Å². The number of halogens is 1. The van der Waals surface area contributed by atoms with E-state index in [1.807, 2.05) is 60.7 Å². The number of nitrogens with two attached hydrogens (primary N) is 1. The van der Waals surface area contributed by atoms with Crippen molar-refractivity contribution in [3.63, 3.8) is 0 Å². The number of alkyl halides is 1. The zero-order valence-electron chi connectivity index (χ0n) is 15.1. The molecule has 4 rings (SSSR count). The predicted octanol–water partition coefficient (Wildman–Crippen LogP) is 2.47. The molecule has 2 aliphatic rings. The number of nitrogens with zero attached hydrogens (tertiary/aromatic N) is 1. The third-order valence-electron chi connectivity index (χ3n) is 5.75. The molecule has 0 aromatic heterocycles. The average molecular weight is 400 g/mol. The summed E-state index contributed by atoms with van der Waals surface area (Å²) in [5, 5.41) is 9.12. The van der Waals surface area contributed by atoms with Gasteiger partial charge in [0.2, 0.25) is 5.91 Å². The van der Waals surface area contributed by atoms with Crippen LogP contribution in [0.2, 0.25) is 0 Å². The van der Waals surface area contributed by atoms with Crippen LogP contribution < -0.4 is 5.73 Å². The summed E-state index contributed by atoms with van der Waals surface area (Å²) in [6, 6.07) is 18.4. The van der Waals surface area contributed by atoms with Crippen LogP contribution in [0.25, 0.3) is 0 Å². The molecule has 2 saturated heterocycles. The Hall–Kier alpha value is -2.38. The normalized spacial score (nSPS) is 29.3. The first kappa shape index (κ1) is 19.0. The number of hydrogen-bond acceptors (Lipinski definition) is 4. The van der Waals surface area contributed by atoms with Gasteiger partial charge in [-0.25, -0.2) is 4.39 Å². The Morgan fingerprint density at radius 1 is 1.18 bits per heavy atom. The Morgan fingerprint density at radius 3 is 2.18 bits per heavy atom. The van der Waals surface area contributed by atoms with E-state index >= 15 is 0 Å². The third kappa shape index (κ3) is 2.81. The molecule has 2 aromatic rings. The lowest BCUT2D eigenvalue weighted by Gasteiger charge is -2.56. The molecule has 28 heavy (non-hydrogen) atoms. The monoisotopic (exact) mass is 400 g/mol. The number of hydrogen-bond donors (Lipinski definition) is 2. The Labute approximate surface area is 166 Å². The quantitative estimate of drug-likeness (QED) is 0.754. The zero-order chi connectivity index (χ0) is 19.9. The minimum atomic E-state index is -1.70. The summed E-state index contributed by atoms with van der Waals surface area (Å²) in [6.45, 7) is -1.22. The van der Waals surface area contributed by atoms with Gasteiger partial charge in [-0.2, -0.15) is 0 Å². The number of benzene rings is 2. The van der Waals surface area contributed by atoms with Crippen molar-refractivity contribution in [2.75, 3.05) is 13.2 Å². The molecule has 0 spiro atoms. The lowest BCUT2D eigenvalue weighted by Crippen LogP contribution is -2.74. The van der Waals surface area contributed by atoms with Gasteiger partial charge < -0.3 is 15.7 Å². The number of fused-ring (bicyclic) bond motifs is 1. The van der Waals surface area contributed by atoms with Gasteiger partial charge in [0.05, 0.1) is 0 Å². The number of carbonyl (C=O) groups excluding carboxylic acids is 1. The lowest BCUT2D eigenvalue weighted by atomic mass is 9.73. The van der Waals surface area contributed by atoms with Gasteiger partial charge in [-0.3, -0.25) is 9.59 Å². The molecule has 2 heterocycles. The summed E-state index contributed by atoms with van der Waals surface area (Å²) >= 11 is 1.31. The Bertz CT molecular complexity index is 842. The summed E-state index contributed by atoms with van der Waals surface area (Å²) < 4.78 is 14.4. The number of β-lactam (4-membered cyclic amide) rings is 1. The van der Waals surface area contributed by atoms with E-state index < -0.39 is 29.4 Å². The Balaban J connectivity index is 1.85. The van der Waals surface area contributed by atoms with Gasteiger partial charge >= 0.3 is 5.97 Å². The molecule has 0 saturated carbocycles. The molecule has 0 bridgehead atoms. The highest BCUT2D eigenvalue weighted by atomic mass is 32.2. The highest BCUT2D eigenvalue weighted by molar-refractivity contribution is 8.00. The molecular formula is C21H21FN2O3S. The second-order valence-corrected chi connectivity index (χ2v) is 8.60. The number of carboxylic acids is 1. The average Bonchev–Trinajstić information content (AvgIpc) is 2.74. The van der Waals surface area contributed by atoms with Crippen molar-refractivity contribution in [3.8, 4) is 0 Å². The lowest BCUT2D eigenvalue weighted by molar-refractivity contribution is -0.159. The summed E-state index contributed by atoms with van der Waals surface area (Å²) in [4.78, 5) is 25.8. The summed E-state index contributed by atoms with van der Waals surface area (Å²) in [5.41, 5.74) is 6.10. The van der Waals surface area contributed by atoms with Crippen LogP contribution >= 0.6 is 11.8 Å². The van der Waals surface area contributed by atoms with Gasteiger partial charge in [-0.1, -0.05) is 60.7 Å². The second kappa shape index (κ2) is 7.22. The van der Waals surface area contributed by atoms with E-state index in [2.05, 4.69) is 0 Å². The Kier molecular flexibility index (Phi) is 4.89. The molecule has 2 aromatic carbocycles. The largest absolute Gasteiger partial charge is 0.481 e. The van der Waals surface area contributed by atoms with E-state index in [0.717, 1.165) is 11.1 Å². The fourth-order valence-corrected chi connectivity index (χ4v) is 6.06. The van der Waals surface area contributed by atoms with E-state index in [1.165, 1.54) is 16.7 Å². The second-order valence-electron chi connectivity index (χ2n) is 7.33. The van der Waals surface area contributed by atoms with E-state index in [0.29, 0.717) is 0 Å². The fraction of sp³-hybridized carbons (Fsp3) is 0.333. The fourth-order valence-electron chi connectivity index (χ4n) is 4.18. The van der Waals surface area contributed by atoms with Crippen LogP contribution in [0, 0.1) is 5.41 Å². The minimum absolute atomic E-state index is 0.163. The predicted molar refractivity (Wildman–Crippen MR) is 106 cm³/mol. The van der Waals surface area contributed by atoms with Crippen LogP contribution in [0.5, 0.6) is 0 Å². The molecule has 3 unspecified atom stereocenters. The molecule has 5 nitrogen and oxygen atoms in total. The van der Waals surface area contributed by atoms with Crippen LogP contribution in [0.4, 0.5) is 4.39 Å². The molecule has 3 N–H and O–H groups in total. The van der Waals surface area contributed by atoms with Crippen LogP contribution in [0.15, 0.2) is 60.7 Å². The maximum absolute atomic E-state index is 14.4. The van der Waals surface area contributed by atoms with Gasteiger partial charge in [0.1, 0.15) is 23.5 Å². The van der Waals surface area contributed by atoms with Crippen molar-refractivity contribution in [3.05, 3.63) is 71.8 Å². The van der Waals surface area contributed by atoms with Gasteiger partial charge in [0, 0.05) is 17.7 Å². The highest BCUT2D eigenvalue weighted by Crippen LogP contribution is 2.53. The molecule has 0 radical (unpaired) electrons. The summed E-state index contributed by atoms with van der Waals surface area (Å²) in [7, 11) is 0. The molecule has 1 amide bonds. The Morgan fingerprint density at radius 2 is 1.71 bits per heavy atom. The summed E-state index contributed by atoms with van der Waals surface area (Å²) in [5.74, 6) is -1.88. The van der Waals surface area contributed by atoms with E-state index in [-0.39, 0.29) is 23.7 Å². The molecule has 2 fully saturated rings. The van der Waals surface area contributed by atoms with Gasteiger partial charge in [0.25, 0.3) is 0 Å². The standard InChI is InChI=1S/C21H21FN2O3S/c22-11-21(20(26)27)12-24-18(25)16(23)19(24)28-17(21)15(13-7-3-1-4-8-13)14-9-5-2-6-10-14/h1-10,15-17,19H,11-12,23H2,(H,26,27)/t16?,17?,19-,21?/m1/s1.